The molecule has 0 radical (unpaired) electrons. The molecule has 0 aliphatic carbocycles. The highest BCUT2D eigenvalue weighted by atomic mass is 16.5. The lowest BCUT2D eigenvalue weighted by Gasteiger charge is -2.12. The average molecular weight is 174 g/mol. The van der Waals surface area contributed by atoms with Crippen LogP contribution in [0.5, 0.6) is 0 Å². The Morgan fingerprint density at radius 2 is 2.08 bits per heavy atom. The van der Waals surface area contributed by atoms with Crippen LogP contribution in [0.1, 0.15) is 18.4 Å². The van der Waals surface area contributed by atoms with Crippen LogP contribution in [0.4, 0.5) is 0 Å². The maximum Gasteiger partial charge on any atom is 0.0825 e. The molecule has 0 unspecified atom stereocenters. The molecular weight excluding hydrogens is 160 g/mol. The summed E-state index contributed by atoms with van der Waals surface area (Å²) < 4.78 is 5.57. The second-order valence-electron chi connectivity index (χ2n) is 3.39. The van der Waals surface area contributed by atoms with Gasteiger partial charge in [0.2, 0.25) is 0 Å². The molecule has 0 bridgehead atoms. The molecule has 1 aliphatic heterocycles. The van der Waals surface area contributed by atoms with Crippen molar-refractivity contribution in [1.82, 2.24) is 0 Å². The van der Waals surface area contributed by atoms with Gasteiger partial charge >= 0.3 is 0 Å². The van der Waals surface area contributed by atoms with Crippen LogP contribution in [0.25, 0.3) is 5.57 Å². The molecule has 1 atom stereocenters. The van der Waals surface area contributed by atoms with Crippen LogP contribution in [-0.4, -0.2) is 12.7 Å². The zero-order chi connectivity index (χ0) is 9.10. The highest BCUT2D eigenvalue weighted by Crippen LogP contribution is 2.25. The van der Waals surface area contributed by atoms with Crippen molar-refractivity contribution in [2.45, 2.75) is 18.9 Å². The highest BCUT2D eigenvalue weighted by molar-refractivity contribution is 5.66. The number of ether oxygens (including phenoxy) is 1. The topological polar surface area (TPSA) is 9.23 Å². The zero-order valence-corrected chi connectivity index (χ0v) is 7.70. The largest absolute Gasteiger partial charge is 0.374 e. The van der Waals surface area contributed by atoms with Crippen LogP contribution in [-0.2, 0) is 4.74 Å². The minimum Gasteiger partial charge on any atom is -0.374 e. The molecule has 1 heterocycles. The summed E-state index contributed by atoms with van der Waals surface area (Å²) in [6.07, 6.45) is 2.53. The second kappa shape index (κ2) is 3.75. The molecule has 1 nitrogen and oxygen atoms in total. The van der Waals surface area contributed by atoms with Crippen molar-refractivity contribution in [3.05, 3.63) is 42.5 Å². The van der Waals surface area contributed by atoms with E-state index in [1.165, 1.54) is 5.56 Å². The summed E-state index contributed by atoms with van der Waals surface area (Å²) in [5, 5.41) is 0. The summed E-state index contributed by atoms with van der Waals surface area (Å²) in [4.78, 5) is 0. The first-order chi connectivity index (χ1) is 6.38. The first-order valence-electron chi connectivity index (χ1n) is 4.74. The normalized spacial score (nSPS) is 21.7. The van der Waals surface area contributed by atoms with Crippen molar-refractivity contribution in [2.75, 3.05) is 6.61 Å². The molecule has 1 aromatic rings. The average Bonchev–Trinajstić information content (AvgIpc) is 2.71. The van der Waals surface area contributed by atoms with E-state index in [1.807, 2.05) is 18.2 Å². The van der Waals surface area contributed by atoms with Crippen LogP contribution < -0.4 is 0 Å². The van der Waals surface area contributed by atoms with Crippen molar-refractivity contribution in [3.63, 3.8) is 0 Å². The molecular formula is C12H14O. The van der Waals surface area contributed by atoms with Crippen molar-refractivity contribution < 1.29 is 4.74 Å². The molecule has 1 aliphatic rings. The molecule has 13 heavy (non-hydrogen) atoms. The monoisotopic (exact) mass is 174 g/mol. The number of rotatable bonds is 2. The third kappa shape index (κ3) is 1.81. The summed E-state index contributed by atoms with van der Waals surface area (Å²) in [5.74, 6) is 0. The van der Waals surface area contributed by atoms with Gasteiger partial charge < -0.3 is 4.74 Å². The Morgan fingerprint density at radius 3 is 2.69 bits per heavy atom. The lowest BCUT2D eigenvalue weighted by molar-refractivity contribution is 0.152. The predicted octanol–water partition coefficient (Wildman–Crippen LogP) is 2.88. The van der Waals surface area contributed by atoms with Crippen LogP contribution >= 0.6 is 0 Å². The molecule has 1 aromatic carbocycles. The van der Waals surface area contributed by atoms with E-state index >= 15 is 0 Å². The van der Waals surface area contributed by atoms with Crippen LogP contribution in [0.2, 0.25) is 0 Å². The van der Waals surface area contributed by atoms with Crippen LogP contribution in [0, 0.1) is 0 Å². The first-order valence-corrected chi connectivity index (χ1v) is 4.74. The van der Waals surface area contributed by atoms with Gasteiger partial charge in [-0.05, 0) is 24.0 Å². The maximum atomic E-state index is 5.57. The molecule has 0 spiro atoms. The maximum absolute atomic E-state index is 5.57. The van der Waals surface area contributed by atoms with Crippen molar-refractivity contribution in [3.8, 4) is 0 Å². The molecule has 1 fully saturated rings. The molecule has 0 saturated carbocycles. The zero-order valence-electron chi connectivity index (χ0n) is 7.70. The Labute approximate surface area is 79.0 Å². The van der Waals surface area contributed by atoms with Gasteiger partial charge in [-0.15, -0.1) is 0 Å². The summed E-state index contributed by atoms with van der Waals surface area (Å²) in [7, 11) is 0. The van der Waals surface area contributed by atoms with Gasteiger partial charge in [-0.2, -0.15) is 0 Å². The molecule has 1 heteroatoms. The van der Waals surface area contributed by atoms with Gasteiger partial charge in [-0.1, -0.05) is 36.9 Å². The third-order valence-electron chi connectivity index (χ3n) is 2.46. The molecule has 68 valence electrons. The third-order valence-corrected chi connectivity index (χ3v) is 2.46. The predicted molar refractivity (Wildman–Crippen MR) is 54.5 cm³/mol. The van der Waals surface area contributed by atoms with Crippen molar-refractivity contribution in [2.24, 2.45) is 0 Å². The van der Waals surface area contributed by atoms with Gasteiger partial charge in [0.05, 0.1) is 6.10 Å². The standard InChI is InChI=1S/C12H14O/c1-10(12-8-5-9-13-12)11-6-3-2-4-7-11/h2-4,6-7,12H,1,5,8-9H2/t12-/m0/s1. The SMILES string of the molecule is C=C(c1ccccc1)[C@@H]1CCCO1. The second-order valence-corrected chi connectivity index (χ2v) is 3.39. The van der Waals surface area contributed by atoms with Crippen LogP contribution in [0.15, 0.2) is 36.9 Å². The lowest BCUT2D eigenvalue weighted by atomic mass is 10.0. The number of benzene rings is 1. The van der Waals surface area contributed by atoms with E-state index in [2.05, 4.69) is 18.7 Å². The van der Waals surface area contributed by atoms with Crippen LogP contribution in [0.3, 0.4) is 0 Å². The van der Waals surface area contributed by atoms with Crippen molar-refractivity contribution in [1.29, 1.82) is 0 Å². The first kappa shape index (κ1) is 8.52. The van der Waals surface area contributed by atoms with E-state index in [0.29, 0.717) is 0 Å². The highest BCUT2D eigenvalue weighted by Gasteiger charge is 2.19. The smallest absolute Gasteiger partial charge is 0.0825 e. The summed E-state index contributed by atoms with van der Waals surface area (Å²) in [5.41, 5.74) is 2.33. The Hall–Kier alpha value is -1.08. The van der Waals surface area contributed by atoms with E-state index < -0.39 is 0 Å². The fourth-order valence-electron chi connectivity index (χ4n) is 1.69. The lowest BCUT2D eigenvalue weighted by Crippen LogP contribution is -2.06. The van der Waals surface area contributed by atoms with Gasteiger partial charge in [0, 0.05) is 6.61 Å². The van der Waals surface area contributed by atoms with Gasteiger partial charge in [-0.3, -0.25) is 0 Å². The fraction of sp³-hybridized carbons (Fsp3) is 0.333. The van der Waals surface area contributed by atoms with E-state index in [9.17, 15) is 0 Å². The molecule has 0 amide bonds. The van der Waals surface area contributed by atoms with Gasteiger partial charge in [0.15, 0.2) is 0 Å². The van der Waals surface area contributed by atoms with E-state index in [1.54, 1.807) is 0 Å². The summed E-state index contributed by atoms with van der Waals surface area (Å²) >= 11 is 0. The Balaban J connectivity index is 2.13. The summed E-state index contributed by atoms with van der Waals surface area (Å²) in [6.45, 7) is 4.97. The van der Waals surface area contributed by atoms with E-state index in [0.717, 1.165) is 25.0 Å². The Bertz CT molecular complexity index is 283. The molecule has 0 aromatic heterocycles. The van der Waals surface area contributed by atoms with E-state index in [-0.39, 0.29) is 6.10 Å². The minimum atomic E-state index is 0.252. The summed E-state index contributed by atoms with van der Waals surface area (Å²) in [6, 6.07) is 10.3. The van der Waals surface area contributed by atoms with E-state index in [4.69, 9.17) is 4.74 Å². The molecule has 2 rings (SSSR count). The van der Waals surface area contributed by atoms with Gasteiger partial charge in [0.1, 0.15) is 0 Å². The quantitative estimate of drug-likeness (QED) is 0.670. The van der Waals surface area contributed by atoms with Crippen molar-refractivity contribution >= 4 is 5.57 Å². The molecule has 0 N–H and O–H groups in total. The number of hydrogen-bond acceptors (Lipinski definition) is 1. The number of hydrogen-bond donors (Lipinski definition) is 0. The Kier molecular flexibility index (Phi) is 2.46. The van der Waals surface area contributed by atoms with Gasteiger partial charge in [-0.25, -0.2) is 0 Å². The minimum absolute atomic E-state index is 0.252. The molecule has 1 saturated heterocycles. The fourth-order valence-corrected chi connectivity index (χ4v) is 1.69. The van der Waals surface area contributed by atoms with Gasteiger partial charge in [0.25, 0.3) is 0 Å². The Morgan fingerprint density at radius 1 is 1.31 bits per heavy atom.